The fourth-order valence-electron chi connectivity index (χ4n) is 2.23. The van der Waals surface area contributed by atoms with Gasteiger partial charge in [0.15, 0.2) is 16.6 Å². The van der Waals surface area contributed by atoms with Crippen molar-refractivity contribution in [2.24, 2.45) is 0 Å². The second-order valence-corrected chi connectivity index (χ2v) is 6.52. The molecule has 118 valence electrons. The van der Waals surface area contributed by atoms with E-state index in [4.69, 9.17) is 11.6 Å². The summed E-state index contributed by atoms with van der Waals surface area (Å²) in [7, 11) is 0. The number of nitrogens with zero attached hydrogens (tertiary/aromatic N) is 3. The summed E-state index contributed by atoms with van der Waals surface area (Å²) in [5.74, 6) is 7.30. The summed E-state index contributed by atoms with van der Waals surface area (Å²) in [5, 5.41) is 2.37. The summed E-state index contributed by atoms with van der Waals surface area (Å²) in [6.07, 6.45) is 5.68. The zero-order chi connectivity index (χ0) is 16.1. The predicted octanol–water partition coefficient (Wildman–Crippen LogP) is 5.06. The van der Waals surface area contributed by atoms with Gasteiger partial charge in [-0.25, -0.2) is 9.97 Å². The Bertz CT molecular complexity index is 843. The second-order valence-electron chi connectivity index (χ2n) is 5.21. The Morgan fingerprint density at radius 1 is 1.22 bits per heavy atom. The van der Waals surface area contributed by atoms with Crippen LogP contribution < -0.4 is 0 Å². The lowest BCUT2D eigenvalue weighted by Crippen LogP contribution is -1.91. The maximum atomic E-state index is 6.23. The van der Waals surface area contributed by atoms with E-state index in [1.165, 1.54) is 19.3 Å². The molecule has 0 aliphatic carbocycles. The number of aromatic nitrogens is 4. The third kappa shape index (κ3) is 3.90. The molecule has 3 aromatic heterocycles. The molecule has 3 aromatic rings. The molecule has 3 heterocycles. The van der Waals surface area contributed by atoms with Crippen molar-refractivity contribution in [3.8, 4) is 22.5 Å². The summed E-state index contributed by atoms with van der Waals surface area (Å²) >= 11 is 7.84. The predicted molar refractivity (Wildman–Crippen MR) is 95.6 cm³/mol. The normalized spacial score (nSPS) is 10.7. The van der Waals surface area contributed by atoms with Crippen LogP contribution in [0.3, 0.4) is 0 Å². The van der Waals surface area contributed by atoms with Crippen LogP contribution in [0.1, 0.15) is 44.9 Å². The summed E-state index contributed by atoms with van der Waals surface area (Å²) in [6.45, 7) is 2.20. The van der Waals surface area contributed by atoms with Crippen LogP contribution in [0.15, 0.2) is 17.5 Å². The molecule has 0 aliphatic heterocycles. The van der Waals surface area contributed by atoms with E-state index in [9.17, 15) is 0 Å². The van der Waals surface area contributed by atoms with Crippen molar-refractivity contribution in [1.82, 2.24) is 19.9 Å². The molecule has 3 rings (SSSR count). The molecule has 6 heteroatoms. The number of hydrogen-bond acceptors (Lipinski definition) is 4. The maximum Gasteiger partial charge on any atom is 0.208 e. The van der Waals surface area contributed by atoms with Crippen molar-refractivity contribution in [2.75, 3.05) is 0 Å². The smallest absolute Gasteiger partial charge is 0.208 e. The minimum atomic E-state index is 0.362. The minimum absolute atomic E-state index is 0.362. The molecule has 0 saturated heterocycles. The molecule has 4 nitrogen and oxygen atoms in total. The molecule has 0 aliphatic rings. The molecule has 0 unspecified atom stereocenters. The van der Waals surface area contributed by atoms with Crippen molar-refractivity contribution in [3.63, 3.8) is 0 Å². The van der Waals surface area contributed by atoms with E-state index in [-0.39, 0.29) is 0 Å². The van der Waals surface area contributed by atoms with Crippen molar-refractivity contribution in [3.05, 3.63) is 28.5 Å². The first kappa shape index (κ1) is 16.0. The lowest BCUT2D eigenvalue weighted by molar-refractivity contribution is 0.679. The van der Waals surface area contributed by atoms with Gasteiger partial charge in [0.2, 0.25) is 5.82 Å². The summed E-state index contributed by atoms with van der Waals surface area (Å²) in [4.78, 5) is 17.4. The van der Waals surface area contributed by atoms with Crippen molar-refractivity contribution in [1.29, 1.82) is 0 Å². The van der Waals surface area contributed by atoms with Gasteiger partial charge in [-0.1, -0.05) is 49.8 Å². The van der Waals surface area contributed by atoms with Gasteiger partial charge in [-0.2, -0.15) is 4.98 Å². The van der Waals surface area contributed by atoms with Crippen LogP contribution in [0.5, 0.6) is 0 Å². The van der Waals surface area contributed by atoms with Gasteiger partial charge < -0.3 is 4.98 Å². The number of H-pyrrole nitrogens is 1. The summed E-state index contributed by atoms with van der Waals surface area (Å²) in [6, 6.07) is 3.98. The number of rotatable bonds is 5. The van der Waals surface area contributed by atoms with Crippen LogP contribution in [0.4, 0.5) is 0 Å². The quantitative estimate of drug-likeness (QED) is 0.400. The number of fused-ring (bicyclic) bond motifs is 1. The lowest BCUT2D eigenvalue weighted by atomic mass is 10.2. The second kappa shape index (κ2) is 7.58. The van der Waals surface area contributed by atoms with Crippen LogP contribution in [0.25, 0.3) is 21.9 Å². The van der Waals surface area contributed by atoms with Crippen LogP contribution in [-0.4, -0.2) is 19.9 Å². The Kier molecular flexibility index (Phi) is 5.27. The number of nitrogens with one attached hydrogen (secondary N) is 1. The van der Waals surface area contributed by atoms with Crippen LogP contribution in [0, 0.1) is 11.8 Å². The third-order valence-electron chi connectivity index (χ3n) is 3.42. The SMILES string of the molecule is CCCCCCC#Cc1nc(Cl)c2[nH]c(-c3cccs3)nc2n1. The molecule has 0 bridgehead atoms. The number of halogens is 1. The fraction of sp³-hybridized carbons (Fsp3) is 0.353. The van der Waals surface area contributed by atoms with E-state index in [0.717, 1.165) is 23.5 Å². The van der Waals surface area contributed by atoms with Crippen molar-refractivity contribution >= 4 is 34.1 Å². The van der Waals surface area contributed by atoms with Crippen LogP contribution >= 0.6 is 22.9 Å². The Labute approximate surface area is 144 Å². The van der Waals surface area contributed by atoms with Gasteiger partial charge >= 0.3 is 0 Å². The monoisotopic (exact) mass is 344 g/mol. The highest BCUT2D eigenvalue weighted by molar-refractivity contribution is 7.13. The first-order valence-electron chi connectivity index (χ1n) is 7.74. The van der Waals surface area contributed by atoms with E-state index in [1.54, 1.807) is 11.3 Å². The van der Waals surface area contributed by atoms with Gasteiger partial charge in [0, 0.05) is 6.42 Å². The number of imidazole rings is 1. The average Bonchev–Trinajstić information content (AvgIpc) is 3.19. The molecule has 0 spiro atoms. The molecular weight excluding hydrogens is 328 g/mol. The molecule has 0 fully saturated rings. The standard InChI is InChI=1S/C17H17ClN4S/c1-2-3-4-5-6-7-10-13-19-15(18)14-17(20-13)22-16(21-14)12-9-8-11-23-12/h8-9,11H,2-6H2,1H3,(H,19,20,21,22). The number of thiophene rings is 1. The fourth-order valence-corrected chi connectivity index (χ4v) is 3.11. The minimum Gasteiger partial charge on any atom is -0.333 e. The van der Waals surface area contributed by atoms with Gasteiger partial charge in [-0.15, -0.1) is 11.3 Å². The molecule has 1 N–H and O–H groups in total. The van der Waals surface area contributed by atoms with Crippen LogP contribution in [0.2, 0.25) is 5.15 Å². The van der Waals surface area contributed by atoms with Gasteiger partial charge in [-0.3, -0.25) is 0 Å². The van der Waals surface area contributed by atoms with Gasteiger partial charge in [0.25, 0.3) is 0 Å². The highest BCUT2D eigenvalue weighted by atomic mass is 35.5. The molecule has 0 atom stereocenters. The van der Waals surface area contributed by atoms with Crippen molar-refractivity contribution in [2.45, 2.75) is 39.0 Å². The lowest BCUT2D eigenvalue weighted by Gasteiger charge is -1.94. The van der Waals surface area contributed by atoms with Gasteiger partial charge in [-0.05, 0) is 23.8 Å². The van der Waals surface area contributed by atoms with E-state index in [2.05, 4.69) is 38.7 Å². The van der Waals surface area contributed by atoms with E-state index in [0.29, 0.717) is 22.1 Å². The number of aromatic amines is 1. The molecule has 0 saturated carbocycles. The molecular formula is C17H17ClN4S. The average molecular weight is 345 g/mol. The van der Waals surface area contributed by atoms with Crippen molar-refractivity contribution < 1.29 is 0 Å². The molecule has 0 radical (unpaired) electrons. The first-order valence-corrected chi connectivity index (χ1v) is 8.99. The van der Waals surface area contributed by atoms with Gasteiger partial charge in [0.05, 0.1) is 4.88 Å². The number of hydrogen-bond donors (Lipinski definition) is 1. The zero-order valence-corrected chi connectivity index (χ0v) is 14.5. The topological polar surface area (TPSA) is 54.5 Å². The Balaban J connectivity index is 1.79. The Morgan fingerprint density at radius 3 is 2.91 bits per heavy atom. The molecule has 0 aromatic carbocycles. The van der Waals surface area contributed by atoms with Gasteiger partial charge in [0.1, 0.15) is 5.52 Å². The summed E-state index contributed by atoms with van der Waals surface area (Å²) in [5.41, 5.74) is 1.22. The largest absolute Gasteiger partial charge is 0.333 e. The Morgan fingerprint density at radius 2 is 2.13 bits per heavy atom. The maximum absolute atomic E-state index is 6.23. The van der Waals surface area contributed by atoms with E-state index < -0.39 is 0 Å². The number of unbranched alkanes of at least 4 members (excludes halogenated alkanes) is 4. The Hall–Kier alpha value is -1.90. The molecule has 23 heavy (non-hydrogen) atoms. The zero-order valence-electron chi connectivity index (χ0n) is 12.9. The highest BCUT2D eigenvalue weighted by Gasteiger charge is 2.12. The highest BCUT2D eigenvalue weighted by Crippen LogP contribution is 2.26. The third-order valence-corrected chi connectivity index (χ3v) is 4.57. The van der Waals surface area contributed by atoms with E-state index in [1.807, 2.05) is 17.5 Å². The first-order chi connectivity index (χ1) is 11.3. The molecule has 0 amide bonds. The van der Waals surface area contributed by atoms with Crippen LogP contribution in [-0.2, 0) is 0 Å². The van der Waals surface area contributed by atoms with E-state index >= 15 is 0 Å². The summed E-state index contributed by atoms with van der Waals surface area (Å²) < 4.78 is 0.